The molecule has 7 heteroatoms. The Hall–Kier alpha value is -1.66. The van der Waals surface area contributed by atoms with Gasteiger partial charge in [-0.25, -0.2) is 4.39 Å². The summed E-state index contributed by atoms with van der Waals surface area (Å²) < 4.78 is 13.4. The Morgan fingerprint density at radius 3 is 2.47 bits per heavy atom. The van der Waals surface area contributed by atoms with Crippen LogP contribution in [0.15, 0.2) is 18.2 Å². The Balaban J connectivity index is 0.00000180. The zero-order valence-corrected chi connectivity index (χ0v) is 11.1. The highest BCUT2D eigenvalue weighted by Gasteiger charge is 2.45. The number of amides is 2. The summed E-state index contributed by atoms with van der Waals surface area (Å²) in [6.07, 6.45) is 1.30. The molecule has 1 aliphatic carbocycles. The molecule has 1 saturated carbocycles. The number of anilines is 2. The van der Waals surface area contributed by atoms with Crippen LogP contribution in [0.4, 0.5) is 15.8 Å². The van der Waals surface area contributed by atoms with E-state index in [1.165, 1.54) is 25.1 Å². The van der Waals surface area contributed by atoms with E-state index in [-0.39, 0.29) is 29.9 Å². The monoisotopic (exact) mass is 287 g/mol. The minimum Gasteiger partial charge on any atom is -0.324 e. The maximum atomic E-state index is 13.4. The quantitative estimate of drug-likeness (QED) is 0.790. The van der Waals surface area contributed by atoms with Crippen molar-refractivity contribution < 1.29 is 14.0 Å². The van der Waals surface area contributed by atoms with Crippen LogP contribution in [0, 0.1) is 5.82 Å². The summed E-state index contributed by atoms with van der Waals surface area (Å²) >= 11 is 0. The van der Waals surface area contributed by atoms with Gasteiger partial charge in [-0.3, -0.25) is 9.59 Å². The molecule has 0 saturated heterocycles. The Kier molecular flexibility index (Phi) is 4.49. The third kappa shape index (κ3) is 3.65. The van der Waals surface area contributed by atoms with E-state index in [9.17, 15) is 14.0 Å². The fourth-order valence-corrected chi connectivity index (χ4v) is 1.51. The number of carbonyl (C=O) groups excluding carboxylic acids is 2. The standard InChI is InChI=1S/C12H14FN3O2.ClH/c1-7(17)15-10-6-8(2-3-9(10)13)16-11(18)12(14)4-5-12;/h2-3,6H,4-5,14H2,1H3,(H,15,17)(H,16,18);1H. The van der Waals surface area contributed by atoms with Crippen LogP contribution in [0.5, 0.6) is 0 Å². The Bertz CT molecular complexity index is 518. The molecule has 2 amide bonds. The molecular formula is C12H15ClFN3O2. The lowest BCUT2D eigenvalue weighted by Crippen LogP contribution is -2.37. The number of nitrogens with two attached hydrogens (primary N) is 1. The molecule has 0 aliphatic heterocycles. The van der Waals surface area contributed by atoms with Gasteiger partial charge in [-0.05, 0) is 31.0 Å². The van der Waals surface area contributed by atoms with Crippen LogP contribution in [0.3, 0.4) is 0 Å². The van der Waals surface area contributed by atoms with Crippen LogP contribution in [0.25, 0.3) is 0 Å². The largest absolute Gasteiger partial charge is 0.324 e. The highest BCUT2D eigenvalue weighted by molar-refractivity contribution is 6.00. The molecule has 0 radical (unpaired) electrons. The second-order valence-electron chi connectivity index (χ2n) is 4.49. The fraction of sp³-hybridized carbons (Fsp3) is 0.333. The number of benzene rings is 1. The van der Waals surface area contributed by atoms with E-state index >= 15 is 0 Å². The van der Waals surface area contributed by atoms with Crippen LogP contribution in [0.2, 0.25) is 0 Å². The lowest BCUT2D eigenvalue weighted by Gasteiger charge is -2.11. The van der Waals surface area contributed by atoms with E-state index in [4.69, 9.17) is 5.73 Å². The number of hydrogen-bond acceptors (Lipinski definition) is 3. The molecule has 0 bridgehead atoms. The average molecular weight is 288 g/mol. The topological polar surface area (TPSA) is 84.2 Å². The van der Waals surface area contributed by atoms with Gasteiger partial charge in [0.1, 0.15) is 5.82 Å². The maximum Gasteiger partial charge on any atom is 0.244 e. The second kappa shape index (κ2) is 5.54. The van der Waals surface area contributed by atoms with Crippen LogP contribution in [0.1, 0.15) is 19.8 Å². The van der Waals surface area contributed by atoms with Crippen LogP contribution < -0.4 is 16.4 Å². The summed E-state index contributed by atoms with van der Waals surface area (Å²) in [4.78, 5) is 22.6. The second-order valence-corrected chi connectivity index (χ2v) is 4.49. The van der Waals surface area contributed by atoms with Crippen molar-refractivity contribution in [3.8, 4) is 0 Å². The van der Waals surface area contributed by atoms with Crippen molar-refractivity contribution in [3.05, 3.63) is 24.0 Å². The molecular weight excluding hydrogens is 273 g/mol. The highest BCUT2D eigenvalue weighted by atomic mass is 35.5. The third-order valence-electron chi connectivity index (χ3n) is 2.78. The molecule has 1 aromatic carbocycles. The first-order chi connectivity index (χ1) is 8.40. The van der Waals surface area contributed by atoms with Crippen molar-refractivity contribution in [2.45, 2.75) is 25.3 Å². The molecule has 1 aliphatic rings. The lowest BCUT2D eigenvalue weighted by atomic mass is 10.2. The molecule has 0 spiro atoms. The van der Waals surface area contributed by atoms with Gasteiger partial charge in [0.15, 0.2) is 0 Å². The molecule has 5 nitrogen and oxygen atoms in total. The first kappa shape index (κ1) is 15.4. The minimum absolute atomic E-state index is 0. The molecule has 4 N–H and O–H groups in total. The number of carbonyl (C=O) groups is 2. The van der Waals surface area contributed by atoms with E-state index < -0.39 is 11.4 Å². The molecule has 19 heavy (non-hydrogen) atoms. The van der Waals surface area contributed by atoms with E-state index in [2.05, 4.69) is 10.6 Å². The van der Waals surface area contributed by atoms with Gasteiger partial charge in [0.25, 0.3) is 0 Å². The Morgan fingerprint density at radius 1 is 1.32 bits per heavy atom. The van der Waals surface area contributed by atoms with Gasteiger partial charge < -0.3 is 16.4 Å². The third-order valence-corrected chi connectivity index (χ3v) is 2.78. The molecule has 104 valence electrons. The van der Waals surface area contributed by atoms with Gasteiger partial charge >= 0.3 is 0 Å². The van der Waals surface area contributed by atoms with Crippen molar-refractivity contribution in [3.63, 3.8) is 0 Å². The number of halogens is 2. The molecule has 2 rings (SSSR count). The smallest absolute Gasteiger partial charge is 0.244 e. The summed E-state index contributed by atoms with van der Waals surface area (Å²) in [6, 6.07) is 3.96. The van der Waals surface area contributed by atoms with Gasteiger partial charge in [-0.2, -0.15) is 0 Å². The van der Waals surface area contributed by atoms with Gasteiger partial charge in [0.2, 0.25) is 11.8 Å². The predicted octanol–water partition coefficient (Wildman–Crippen LogP) is 1.64. The van der Waals surface area contributed by atoms with Gasteiger partial charge in [-0.1, -0.05) is 0 Å². The van der Waals surface area contributed by atoms with E-state index in [0.29, 0.717) is 18.5 Å². The van der Waals surface area contributed by atoms with Crippen molar-refractivity contribution in [1.29, 1.82) is 0 Å². The first-order valence-electron chi connectivity index (χ1n) is 5.58. The molecule has 1 fully saturated rings. The normalized spacial score (nSPS) is 15.1. The summed E-state index contributed by atoms with van der Waals surface area (Å²) in [5.41, 5.74) is 5.38. The minimum atomic E-state index is -0.789. The Labute approximate surface area is 116 Å². The predicted molar refractivity (Wildman–Crippen MR) is 72.7 cm³/mol. The SMILES string of the molecule is CC(=O)Nc1cc(NC(=O)C2(N)CC2)ccc1F.Cl. The number of rotatable bonds is 3. The van der Waals surface area contributed by atoms with Crippen molar-refractivity contribution in [1.82, 2.24) is 0 Å². The number of nitrogens with one attached hydrogen (secondary N) is 2. The maximum absolute atomic E-state index is 13.4. The molecule has 1 aromatic rings. The Morgan fingerprint density at radius 2 is 1.95 bits per heavy atom. The van der Waals surface area contributed by atoms with Crippen LogP contribution in [-0.2, 0) is 9.59 Å². The van der Waals surface area contributed by atoms with E-state index in [0.717, 1.165) is 0 Å². The first-order valence-corrected chi connectivity index (χ1v) is 5.58. The van der Waals surface area contributed by atoms with Gasteiger partial charge in [0.05, 0.1) is 11.2 Å². The van der Waals surface area contributed by atoms with Crippen molar-refractivity contribution in [2.24, 2.45) is 5.73 Å². The summed E-state index contributed by atoms with van der Waals surface area (Å²) in [5.74, 6) is -1.23. The summed E-state index contributed by atoms with van der Waals surface area (Å²) in [5, 5.41) is 4.95. The zero-order chi connectivity index (χ0) is 13.3. The lowest BCUT2D eigenvalue weighted by molar-refractivity contribution is -0.118. The van der Waals surface area contributed by atoms with Crippen molar-refractivity contribution >= 4 is 35.6 Å². The van der Waals surface area contributed by atoms with E-state index in [1.54, 1.807) is 0 Å². The average Bonchev–Trinajstić information content (AvgIpc) is 3.02. The molecule has 0 aromatic heterocycles. The van der Waals surface area contributed by atoms with Crippen molar-refractivity contribution in [2.75, 3.05) is 10.6 Å². The molecule has 0 atom stereocenters. The van der Waals surface area contributed by atoms with Gasteiger partial charge in [0, 0.05) is 12.6 Å². The fourth-order valence-electron chi connectivity index (χ4n) is 1.51. The zero-order valence-electron chi connectivity index (χ0n) is 10.3. The van der Waals surface area contributed by atoms with Gasteiger partial charge in [-0.15, -0.1) is 12.4 Å². The molecule has 0 unspecified atom stereocenters. The summed E-state index contributed by atoms with van der Waals surface area (Å²) in [7, 11) is 0. The molecule has 0 heterocycles. The van der Waals surface area contributed by atoms with E-state index in [1.807, 2.05) is 0 Å². The number of hydrogen-bond donors (Lipinski definition) is 3. The summed E-state index contributed by atoms with van der Waals surface area (Å²) in [6.45, 7) is 1.28. The van der Waals surface area contributed by atoms with Crippen LogP contribution >= 0.6 is 12.4 Å². The van der Waals surface area contributed by atoms with Crippen LogP contribution in [-0.4, -0.2) is 17.4 Å². The highest BCUT2D eigenvalue weighted by Crippen LogP contribution is 2.33.